The molecular weight excluding hydrogens is 290 g/mol. The van der Waals surface area contributed by atoms with Gasteiger partial charge in [0.2, 0.25) is 0 Å². The SMILES string of the molecule is O=C1C2=CNCCN2C(=O)N1C1CC1c1ccc(Cl)cc1. The molecule has 1 aromatic rings. The van der Waals surface area contributed by atoms with Crippen molar-refractivity contribution in [2.45, 2.75) is 18.4 Å². The maximum atomic E-state index is 12.4. The quantitative estimate of drug-likeness (QED) is 0.849. The van der Waals surface area contributed by atoms with E-state index in [1.54, 1.807) is 11.1 Å². The van der Waals surface area contributed by atoms with Gasteiger partial charge in [0.1, 0.15) is 5.70 Å². The summed E-state index contributed by atoms with van der Waals surface area (Å²) in [5.74, 6) is 0.0405. The summed E-state index contributed by atoms with van der Waals surface area (Å²) in [5, 5.41) is 3.71. The number of amides is 3. The standard InChI is InChI=1S/C15H14ClN3O2/c16-10-3-1-9(2-4-10)11-7-12(11)19-14(20)13-8-17-5-6-18(13)15(19)21/h1-4,8,11-12,17H,5-7H2. The highest BCUT2D eigenvalue weighted by Crippen LogP contribution is 2.47. The second-order valence-corrected chi connectivity index (χ2v) is 5.99. The lowest BCUT2D eigenvalue weighted by molar-refractivity contribution is -0.123. The summed E-state index contributed by atoms with van der Waals surface area (Å²) in [6.07, 6.45) is 2.47. The molecule has 0 bridgehead atoms. The maximum Gasteiger partial charge on any atom is 0.332 e. The zero-order valence-corrected chi connectivity index (χ0v) is 12.0. The minimum atomic E-state index is -0.186. The molecule has 1 saturated heterocycles. The first-order chi connectivity index (χ1) is 10.2. The maximum absolute atomic E-state index is 12.4. The number of imide groups is 1. The van der Waals surface area contributed by atoms with Crippen LogP contribution in [0.1, 0.15) is 17.9 Å². The van der Waals surface area contributed by atoms with E-state index in [4.69, 9.17) is 11.6 Å². The van der Waals surface area contributed by atoms with Crippen LogP contribution in [-0.2, 0) is 4.79 Å². The summed E-state index contributed by atoms with van der Waals surface area (Å²) >= 11 is 5.89. The van der Waals surface area contributed by atoms with Crippen LogP contribution in [-0.4, -0.2) is 40.9 Å². The summed E-state index contributed by atoms with van der Waals surface area (Å²) in [5.41, 5.74) is 1.59. The molecule has 4 rings (SSSR count). The number of hydrogen-bond donors (Lipinski definition) is 1. The Morgan fingerprint density at radius 2 is 1.95 bits per heavy atom. The lowest BCUT2D eigenvalue weighted by Gasteiger charge is -2.20. The van der Waals surface area contributed by atoms with Gasteiger partial charge < -0.3 is 5.32 Å². The van der Waals surface area contributed by atoms with Gasteiger partial charge in [-0.1, -0.05) is 23.7 Å². The van der Waals surface area contributed by atoms with E-state index in [0.29, 0.717) is 23.8 Å². The molecule has 1 N–H and O–H groups in total. The topological polar surface area (TPSA) is 52.7 Å². The van der Waals surface area contributed by atoms with Crippen LogP contribution in [0.3, 0.4) is 0 Å². The first-order valence-corrected chi connectivity index (χ1v) is 7.38. The summed E-state index contributed by atoms with van der Waals surface area (Å²) in [6, 6.07) is 7.40. The second kappa shape index (κ2) is 4.49. The van der Waals surface area contributed by atoms with Crippen molar-refractivity contribution in [2.75, 3.05) is 13.1 Å². The minimum absolute atomic E-state index is 0.0299. The van der Waals surface area contributed by atoms with Crippen molar-refractivity contribution in [2.24, 2.45) is 0 Å². The smallest absolute Gasteiger partial charge is 0.332 e. The Labute approximate surface area is 127 Å². The Bertz CT molecular complexity index is 655. The van der Waals surface area contributed by atoms with Gasteiger partial charge in [0.15, 0.2) is 0 Å². The molecule has 2 aliphatic heterocycles. The van der Waals surface area contributed by atoms with Crippen molar-refractivity contribution in [1.29, 1.82) is 0 Å². The van der Waals surface area contributed by atoms with Gasteiger partial charge in [0, 0.05) is 36.3 Å². The van der Waals surface area contributed by atoms with Crippen molar-refractivity contribution < 1.29 is 9.59 Å². The fraction of sp³-hybridized carbons (Fsp3) is 0.333. The Balaban J connectivity index is 1.57. The van der Waals surface area contributed by atoms with Gasteiger partial charge in [-0.25, -0.2) is 4.79 Å². The van der Waals surface area contributed by atoms with Crippen LogP contribution in [0.5, 0.6) is 0 Å². The number of halogens is 1. The van der Waals surface area contributed by atoms with Gasteiger partial charge in [0.25, 0.3) is 5.91 Å². The van der Waals surface area contributed by atoms with E-state index in [1.165, 1.54) is 4.90 Å². The van der Waals surface area contributed by atoms with Crippen molar-refractivity contribution in [1.82, 2.24) is 15.1 Å². The minimum Gasteiger partial charge on any atom is -0.387 e. The third-order valence-corrected chi connectivity index (χ3v) is 4.52. The van der Waals surface area contributed by atoms with Crippen LogP contribution in [0.2, 0.25) is 5.02 Å². The predicted molar refractivity (Wildman–Crippen MR) is 77.6 cm³/mol. The van der Waals surface area contributed by atoms with Crippen LogP contribution in [0.25, 0.3) is 0 Å². The molecule has 6 heteroatoms. The summed E-state index contributed by atoms with van der Waals surface area (Å²) in [7, 11) is 0. The fourth-order valence-corrected chi connectivity index (χ4v) is 3.21. The first-order valence-electron chi connectivity index (χ1n) is 7.01. The van der Waals surface area contributed by atoms with Crippen LogP contribution in [0.15, 0.2) is 36.2 Å². The fourth-order valence-electron chi connectivity index (χ4n) is 3.09. The second-order valence-electron chi connectivity index (χ2n) is 5.55. The molecule has 1 saturated carbocycles. The number of fused-ring (bicyclic) bond motifs is 1. The number of rotatable bonds is 2. The first kappa shape index (κ1) is 12.7. The van der Waals surface area contributed by atoms with Crippen molar-refractivity contribution >= 4 is 23.5 Å². The largest absolute Gasteiger partial charge is 0.387 e. The van der Waals surface area contributed by atoms with Crippen LogP contribution < -0.4 is 5.32 Å². The third kappa shape index (κ3) is 1.92. The average molecular weight is 304 g/mol. The molecule has 1 aliphatic carbocycles. The van der Waals surface area contributed by atoms with E-state index in [-0.39, 0.29) is 23.9 Å². The van der Waals surface area contributed by atoms with Crippen LogP contribution in [0.4, 0.5) is 4.79 Å². The van der Waals surface area contributed by atoms with E-state index in [1.807, 2.05) is 24.3 Å². The van der Waals surface area contributed by atoms with E-state index >= 15 is 0 Å². The van der Waals surface area contributed by atoms with E-state index in [9.17, 15) is 9.59 Å². The molecule has 0 aromatic heterocycles. The molecular formula is C15H14ClN3O2. The Hall–Kier alpha value is -2.01. The zero-order chi connectivity index (χ0) is 14.6. The molecule has 0 spiro atoms. The normalized spacial score (nSPS) is 27.4. The summed E-state index contributed by atoms with van der Waals surface area (Å²) in [6.45, 7) is 1.23. The molecule has 108 valence electrons. The van der Waals surface area contributed by atoms with E-state index < -0.39 is 0 Å². The van der Waals surface area contributed by atoms with Crippen LogP contribution in [0, 0.1) is 0 Å². The molecule has 2 unspecified atom stereocenters. The highest BCUT2D eigenvalue weighted by atomic mass is 35.5. The van der Waals surface area contributed by atoms with Gasteiger partial charge >= 0.3 is 6.03 Å². The Morgan fingerprint density at radius 1 is 1.19 bits per heavy atom. The molecule has 3 amide bonds. The molecule has 5 nitrogen and oxygen atoms in total. The number of benzene rings is 1. The van der Waals surface area contributed by atoms with Gasteiger partial charge in [-0.15, -0.1) is 0 Å². The molecule has 1 aromatic carbocycles. The van der Waals surface area contributed by atoms with E-state index in [0.717, 1.165) is 12.0 Å². The van der Waals surface area contributed by atoms with Crippen LogP contribution >= 0.6 is 11.6 Å². The molecule has 3 aliphatic rings. The number of urea groups is 1. The Morgan fingerprint density at radius 3 is 2.67 bits per heavy atom. The number of nitrogens with one attached hydrogen (secondary N) is 1. The zero-order valence-electron chi connectivity index (χ0n) is 11.3. The highest BCUT2D eigenvalue weighted by Gasteiger charge is 2.53. The monoisotopic (exact) mass is 303 g/mol. The Kier molecular flexibility index (Phi) is 2.72. The van der Waals surface area contributed by atoms with Gasteiger partial charge in [0.05, 0.1) is 0 Å². The number of hydrogen-bond acceptors (Lipinski definition) is 3. The van der Waals surface area contributed by atoms with Gasteiger partial charge in [-0.3, -0.25) is 14.6 Å². The average Bonchev–Trinajstić information content (AvgIpc) is 3.23. The lowest BCUT2D eigenvalue weighted by Crippen LogP contribution is -2.38. The van der Waals surface area contributed by atoms with Gasteiger partial charge in [-0.05, 0) is 24.1 Å². The van der Waals surface area contributed by atoms with Crippen molar-refractivity contribution in [3.05, 3.63) is 46.7 Å². The highest BCUT2D eigenvalue weighted by molar-refractivity contribution is 6.30. The molecule has 2 atom stereocenters. The molecule has 0 radical (unpaired) electrons. The molecule has 2 fully saturated rings. The molecule has 2 heterocycles. The third-order valence-electron chi connectivity index (χ3n) is 4.27. The predicted octanol–water partition coefficient (Wildman–Crippen LogP) is 1.90. The number of carbonyl (C=O) groups excluding carboxylic acids is 2. The van der Waals surface area contributed by atoms with Crippen molar-refractivity contribution in [3.63, 3.8) is 0 Å². The molecule has 21 heavy (non-hydrogen) atoms. The summed E-state index contributed by atoms with van der Waals surface area (Å²) in [4.78, 5) is 27.8. The summed E-state index contributed by atoms with van der Waals surface area (Å²) < 4.78 is 0. The number of carbonyl (C=O) groups is 2. The van der Waals surface area contributed by atoms with Gasteiger partial charge in [-0.2, -0.15) is 0 Å². The van der Waals surface area contributed by atoms with E-state index in [2.05, 4.69) is 5.32 Å². The van der Waals surface area contributed by atoms with Crippen molar-refractivity contribution in [3.8, 4) is 0 Å². The number of nitrogens with zero attached hydrogens (tertiary/aromatic N) is 2. The lowest BCUT2D eigenvalue weighted by atomic mass is 10.1.